The molecule has 1 amide bonds. The normalized spacial score (nSPS) is 20.5. The maximum absolute atomic E-state index is 12.7. The lowest BCUT2D eigenvalue weighted by atomic mass is 9.88. The topological polar surface area (TPSA) is 57.7 Å². The van der Waals surface area contributed by atoms with Crippen LogP contribution in [0, 0.1) is 24.7 Å². The second-order valence-electron chi connectivity index (χ2n) is 8.81. The van der Waals surface area contributed by atoms with Crippen LogP contribution in [0.1, 0.15) is 32.4 Å². The van der Waals surface area contributed by atoms with E-state index in [-0.39, 0.29) is 11.8 Å². The molecule has 0 aromatic carbocycles. The Morgan fingerprint density at radius 3 is 2.79 bits per heavy atom. The van der Waals surface area contributed by atoms with E-state index in [1.807, 2.05) is 19.1 Å². The van der Waals surface area contributed by atoms with Crippen LogP contribution in [0.5, 0.6) is 5.75 Å². The molecule has 0 spiro atoms. The molecule has 6 heteroatoms. The lowest BCUT2D eigenvalue weighted by molar-refractivity contribution is -0.127. The average molecular weight is 391 g/mol. The van der Waals surface area contributed by atoms with Crippen LogP contribution in [-0.2, 0) is 4.79 Å². The summed E-state index contributed by atoms with van der Waals surface area (Å²) in [6.45, 7) is 11.7. The summed E-state index contributed by atoms with van der Waals surface area (Å²) in [5.41, 5.74) is 0.985. The number of aryl methyl sites for hydroxylation is 1. The molecular weight excluding hydrogens is 352 g/mol. The van der Waals surface area contributed by atoms with Gasteiger partial charge in [-0.15, -0.1) is 0 Å². The van der Waals surface area contributed by atoms with E-state index in [4.69, 9.17) is 4.74 Å². The molecule has 28 heavy (non-hydrogen) atoms. The van der Waals surface area contributed by atoms with E-state index in [1.54, 1.807) is 6.20 Å². The van der Waals surface area contributed by atoms with Gasteiger partial charge in [-0.1, -0.05) is 13.8 Å². The second-order valence-corrected chi connectivity index (χ2v) is 8.81. The van der Waals surface area contributed by atoms with E-state index in [0.29, 0.717) is 18.4 Å². The van der Waals surface area contributed by atoms with E-state index in [2.05, 4.69) is 48.0 Å². The van der Waals surface area contributed by atoms with E-state index < -0.39 is 0 Å². The smallest absolute Gasteiger partial charge is 0.224 e. The van der Waals surface area contributed by atoms with Crippen LogP contribution in [0.2, 0.25) is 0 Å². The van der Waals surface area contributed by atoms with Gasteiger partial charge in [-0.3, -0.25) is 9.78 Å². The fourth-order valence-electron chi connectivity index (χ4n) is 3.78. The number of pyridine rings is 1. The van der Waals surface area contributed by atoms with Crippen LogP contribution in [0.3, 0.4) is 0 Å². The number of nitrogens with zero attached hydrogens (tertiary/aromatic N) is 3. The number of rotatable bonds is 10. The summed E-state index contributed by atoms with van der Waals surface area (Å²) >= 11 is 0. The first-order chi connectivity index (χ1) is 13.3. The van der Waals surface area contributed by atoms with E-state index in [0.717, 1.165) is 57.0 Å². The number of carbonyl (C=O) groups excluding carboxylic acids is 1. The van der Waals surface area contributed by atoms with Gasteiger partial charge in [-0.2, -0.15) is 0 Å². The zero-order valence-electron chi connectivity index (χ0n) is 18.3. The molecule has 0 radical (unpaired) electrons. The number of aromatic nitrogens is 1. The number of hydrogen-bond acceptors (Lipinski definition) is 5. The Hall–Kier alpha value is -1.66. The Morgan fingerprint density at radius 1 is 1.36 bits per heavy atom. The van der Waals surface area contributed by atoms with E-state index >= 15 is 0 Å². The summed E-state index contributed by atoms with van der Waals surface area (Å²) in [5, 5.41) is 3.14. The summed E-state index contributed by atoms with van der Waals surface area (Å²) in [5.74, 6) is 1.97. The maximum Gasteiger partial charge on any atom is 0.224 e. The summed E-state index contributed by atoms with van der Waals surface area (Å²) in [6.07, 6.45) is 3.64. The standard InChI is InChI=1S/C22H38N4O2/c1-17(2)13-26-14-19(16-28-21-8-7-18(3)24-12-21)11-20(15-26)22(27)23-9-6-10-25(4)5/h7-8,12,17,19-20H,6,9-11,13-16H2,1-5H3,(H,23,27)/t19-,20+/m0/s1. The lowest BCUT2D eigenvalue weighted by Gasteiger charge is -2.37. The van der Waals surface area contributed by atoms with Gasteiger partial charge in [-0.25, -0.2) is 0 Å². The fourth-order valence-corrected chi connectivity index (χ4v) is 3.78. The second kappa shape index (κ2) is 11.4. The molecule has 1 fully saturated rings. The number of likely N-dealkylation sites (tertiary alicyclic amines) is 1. The van der Waals surface area contributed by atoms with E-state index in [9.17, 15) is 4.79 Å². The molecule has 1 aliphatic rings. The monoisotopic (exact) mass is 390 g/mol. The van der Waals surface area contributed by atoms with Crippen LogP contribution in [0.4, 0.5) is 0 Å². The Kier molecular flexibility index (Phi) is 9.19. The van der Waals surface area contributed by atoms with Crippen LogP contribution in [-0.4, -0.2) is 74.1 Å². The predicted octanol–water partition coefficient (Wildman–Crippen LogP) is 2.43. The molecule has 0 bridgehead atoms. The van der Waals surface area contributed by atoms with Crippen molar-refractivity contribution in [1.82, 2.24) is 20.1 Å². The maximum atomic E-state index is 12.7. The zero-order chi connectivity index (χ0) is 20.5. The molecule has 2 rings (SSSR count). The Labute approximate surface area is 170 Å². The van der Waals surface area contributed by atoms with Gasteiger partial charge in [0.2, 0.25) is 5.91 Å². The zero-order valence-corrected chi connectivity index (χ0v) is 18.3. The number of ether oxygens (including phenoxy) is 1. The fraction of sp³-hybridized carbons (Fsp3) is 0.727. The summed E-state index contributed by atoms with van der Waals surface area (Å²) in [4.78, 5) is 21.6. The van der Waals surface area contributed by atoms with Crippen molar-refractivity contribution >= 4 is 5.91 Å². The minimum atomic E-state index is 0.0385. The molecule has 158 valence electrons. The van der Waals surface area contributed by atoms with Crippen LogP contribution >= 0.6 is 0 Å². The average Bonchev–Trinajstić information content (AvgIpc) is 2.63. The number of carbonyl (C=O) groups is 1. The first-order valence-corrected chi connectivity index (χ1v) is 10.5. The third-order valence-electron chi connectivity index (χ3n) is 5.06. The number of amides is 1. The van der Waals surface area contributed by atoms with Crippen LogP contribution in [0.25, 0.3) is 0 Å². The molecule has 1 aliphatic heterocycles. The largest absolute Gasteiger partial charge is 0.492 e. The number of piperidine rings is 1. The lowest BCUT2D eigenvalue weighted by Crippen LogP contribution is -2.48. The summed E-state index contributed by atoms with van der Waals surface area (Å²) in [7, 11) is 4.11. The molecule has 2 atom stereocenters. The minimum absolute atomic E-state index is 0.0385. The third-order valence-corrected chi connectivity index (χ3v) is 5.06. The van der Waals surface area contributed by atoms with Gasteiger partial charge >= 0.3 is 0 Å². The Morgan fingerprint density at radius 2 is 2.14 bits per heavy atom. The van der Waals surface area contributed by atoms with Gasteiger partial charge in [0.25, 0.3) is 0 Å². The minimum Gasteiger partial charge on any atom is -0.492 e. The molecule has 1 aromatic heterocycles. The first kappa shape index (κ1) is 22.6. The van der Waals surface area contributed by atoms with Crippen molar-refractivity contribution in [3.05, 3.63) is 24.0 Å². The molecule has 1 aromatic rings. The van der Waals surface area contributed by atoms with Crippen molar-refractivity contribution in [2.45, 2.75) is 33.6 Å². The van der Waals surface area contributed by atoms with E-state index in [1.165, 1.54) is 0 Å². The van der Waals surface area contributed by atoms with Gasteiger partial charge in [0.15, 0.2) is 0 Å². The van der Waals surface area contributed by atoms with Crippen LogP contribution < -0.4 is 10.1 Å². The molecule has 0 unspecified atom stereocenters. The molecule has 1 saturated heterocycles. The van der Waals surface area contributed by atoms with Crippen molar-refractivity contribution in [1.29, 1.82) is 0 Å². The highest BCUT2D eigenvalue weighted by Gasteiger charge is 2.32. The number of nitrogens with one attached hydrogen (secondary N) is 1. The quantitative estimate of drug-likeness (QED) is 0.622. The van der Waals surface area contributed by atoms with Gasteiger partial charge in [0.1, 0.15) is 5.75 Å². The first-order valence-electron chi connectivity index (χ1n) is 10.5. The Balaban J connectivity index is 1.89. The predicted molar refractivity (Wildman–Crippen MR) is 114 cm³/mol. The molecule has 6 nitrogen and oxygen atoms in total. The van der Waals surface area contributed by atoms with Gasteiger partial charge in [0.05, 0.1) is 18.7 Å². The molecular formula is C22H38N4O2. The third kappa shape index (κ3) is 8.15. The van der Waals surface area contributed by atoms with Crippen LogP contribution in [0.15, 0.2) is 18.3 Å². The highest BCUT2D eigenvalue weighted by Crippen LogP contribution is 2.24. The van der Waals surface area contributed by atoms with Gasteiger partial charge < -0.3 is 19.9 Å². The van der Waals surface area contributed by atoms with Gasteiger partial charge in [-0.05, 0) is 58.5 Å². The molecule has 0 aliphatic carbocycles. The SMILES string of the molecule is Cc1ccc(OC[C@H]2C[C@@H](C(=O)NCCCN(C)C)CN(CC(C)C)C2)cn1. The van der Waals surface area contributed by atoms with Crippen molar-refractivity contribution in [2.75, 3.05) is 53.4 Å². The van der Waals surface area contributed by atoms with Crippen molar-refractivity contribution in [3.8, 4) is 5.75 Å². The molecule has 0 saturated carbocycles. The number of hydrogen-bond donors (Lipinski definition) is 1. The molecule has 2 heterocycles. The summed E-state index contributed by atoms with van der Waals surface area (Å²) in [6, 6.07) is 3.93. The summed E-state index contributed by atoms with van der Waals surface area (Å²) < 4.78 is 5.98. The molecule has 1 N–H and O–H groups in total. The highest BCUT2D eigenvalue weighted by atomic mass is 16.5. The van der Waals surface area contributed by atoms with Crippen molar-refractivity contribution in [3.63, 3.8) is 0 Å². The van der Waals surface area contributed by atoms with Crippen molar-refractivity contribution < 1.29 is 9.53 Å². The van der Waals surface area contributed by atoms with Gasteiger partial charge in [0, 0.05) is 37.8 Å². The highest BCUT2D eigenvalue weighted by molar-refractivity contribution is 5.79. The Bertz CT molecular complexity index is 589. The van der Waals surface area contributed by atoms with Crippen molar-refractivity contribution in [2.24, 2.45) is 17.8 Å².